The van der Waals surface area contributed by atoms with Crippen molar-refractivity contribution < 1.29 is 13.2 Å². The second-order valence-electron chi connectivity index (χ2n) is 3.57. The summed E-state index contributed by atoms with van der Waals surface area (Å²) in [4.78, 5) is 18.6. The molecule has 0 unspecified atom stereocenters. The minimum atomic E-state index is -3.79. The Hall–Kier alpha value is -1.25. The first kappa shape index (κ1) is 15.8. The second kappa shape index (κ2) is 6.78. The van der Waals surface area contributed by atoms with E-state index in [1.807, 2.05) is 0 Å². The van der Waals surface area contributed by atoms with Crippen molar-refractivity contribution in [2.24, 2.45) is 0 Å². The average molecular weight is 307 g/mol. The summed E-state index contributed by atoms with van der Waals surface area (Å²) in [5.41, 5.74) is 0. The summed E-state index contributed by atoms with van der Waals surface area (Å²) in [6, 6.07) is 0. The monoisotopic (exact) mass is 306 g/mol. The molecule has 1 N–H and O–H groups in total. The summed E-state index contributed by atoms with van der Waals surface area (Å²) in [5, 5.41) is 2.51. The molecule has 7 nitrogen and oxygen atoms in total. The SMILES string of the molecule is CCNC(=O)CN(CC)S(=O)(=O)c1cnc(Cl)nc1. The summed E-state index contributed by atoms with van der Waals surface area (Å²) in [6.45, 7) is 3.78. The third-order valence-corrected chi connectivity index (χ3v) is 4.35. The lowest BCUT2D eigenvalue weighted by molar-refractivity contribution is -0.121. The van der Waals surface area contributed by atoms with Gasteiger partial charge in [-0.15, -0.1) is 0 Å². The van der Waals surface area contributed by atoms with E-state index in [-0.39, 0.29) is 29.2 Å². The number of hydrogen-bond acceptors (Lipinski definition) is 5. The predicted octanol–water partition coefficient (Wildman–Crippen LogP) is 0.277. The highest BCUT2D eigenvalue weighted by Crippen LogP contribution is 2.14. The zero-order valence-corrected chi connectivity index (χ0v) is 12.2. The van der Waals surface area contributed by atoms with E-state index in [0.717, 1.165) is 16.7 Å². The van der Waals surface area contributed by atoms with Crippen LogP contribution >= 0.6 is 11.6 Å². The van der Waals surface area contributed by atoms with E-state index in [4.69, 9.17) is 11.6 Å². The van der Waals surface area contributed by atoms with Gasteiger partial charge in [0.25, 0.3) is 0 Å². The number of nitrogens with one attached hydrogen (secondary N) is 1. The molecule has 0 aliphatic heterocycles. The van der Waals surface area contributed by atoms with Crippen molar-refractivity contribution in [3.05, 3.63) is 17.7 Å². The number of halogens is 1. The average Bonchev–Trinajstić information content (AvgIpc) is 2.36. The molecule has 0 saturated carbocycles. The lowest BCUT2D eigenvalue weighted by atomic mass is 10.5. The molecule has 0 aromatic carbocycles. The van der Waals surface area contributed by atoms with Crippen LogP contribution in [0.2, 0.25) is 5.28 Å². The lowest BCUT2D eigenvalue weighted by Gasteiger charge is -2.19. The third kappa shape index (κ3) is 4.12. The molecule has 1 heterocycles. The van der Waals surface area contributed by atoms with Crippen molar-refractivity contribution in [2.75, 3.05) is 19.6 Å². The topological polar surface area (TPSA) is 92.3 Å². The molecule has 0 spiro atoms. The van der Waals surface area contributed by atoms with Gasteiger partial charge in [-0.3, -0.25) is 4.79 Å². The lowest BCUT2D eigenvalue weighted by Crippen LogP contribution is -2.40. The molecule has 1 amide bonds. The van der Waals surface area contributed by atoms with Crippen LogP contribution in [0.4, 0.5) is 0 Å². The number of carbonyl (C=O) groups is 1. The summed E-state index contributed by atoms with van der Waals surface area (Å²) < 4.78 is 25.5. The summed E-state index contributed by atoms with van der Waals surface area (Å²) in [5.74, 6) is -0.359. The first-order valence-electron chi connectivity index (χ1n) is 5.66. The molecular formula is C10H15ClN4O3S. The highest BCUT2D eigenvalue weighted by Gasteiger charge is 2.25. The van der Waals surface area contributed by atoms with Crippen LogP contribution in [0, 0.1) is 0 Å². The van der Waals surface area contributed by atoms with Crippen molar-refractivity contribution in [1.82, 2.24) is 19.6 Å². The Balaban J connectivity index is 2.95. The normalized spacial score (nSPS) is 11.6. The first-order valence-corrected chi connectivity index (χ1v) is 7.48. The Kier molecular flexibility index (Phi) is 5.64. The van der Waals surface area contributed by atoms with E-state index in [0.29, 0.717) is 6.54 Å². The van der Waals surface area contributed by atoms with Gasteiger partial charge in [0.15, 0.2) is 0 Å². The maximum Gasteiger partial charge on any atom is 0.246 e. The van der Waals surface area contributed by atoms with E-state index in [2.05, 4.69) is 15.3 Å². The van der Waals surface area contributed by atoms with Crippen LogP contribution in [-0.2, 0) is 14.8 Å². The van der Waals surface area contributed by atoms with Crippen molar-refractivity contribution in [3.63, 3.8) is 0 Å². The Morgan fingerprint density at radius 2 is 1.95 bits per heavy atom. The van der Waals surface area contributed by atoms with Crippen LogP contribution in [0.5, 0.6) is 0 Å². The molecule has 9 heteroatoms. The Morgan fingerprint density at radius 3 is 2.42 bits per heavy atom. The number of sulfonamides is 1. The Labute approximate surface area is 117 Å². The highest BCUT2D eigenvalue weighted by molar-refractivity contribution is 7.89. The molecule has 0 saturated heterocycles. The predicted molar refractivity (Wildman–Crippen MR) is 70.2 cm³/mol. The van der Waals surface area contributed by atoms with Crippen LogP contribution < -0.4 is 5.32 Å². The fourth-order valence-electron chi connectivity index (χ4n) is 1.36. The molecule has 0 atom stereocenters. The molecule has 0 aliphatic carbocycles. The number of carbonyl (C=O) groups excluding carboxylic acids is 1. The van der Waals surface area contributed by atoms with E-state index in [1.165, 1.54) is 0 Å². The zero-order chi connectivity index (χ0) is 14.5. The smallest absolute Gasteiger partial charge is 0.246 e. The van der Waals surface area contributed by atoms with Crippen LogP contribution in [0.25, 0.3) is 0 Å². The van der Waals surface area contributed by atoms with E-state index >= 15 is 0 Å². The number of amides is 1. The molecule has 1 rings (SSSR count). The van der Waals surface area contributed by atoms with E-state index in [9.17, 15) is 13.2 Å². The van der Waals surface area contributed by atoms with Crippen molar-refractivity contribution >= 4 is 27.5 Å². The Bertz CT molecular complexity index is 532. The van der Waals surface area contributed by atoms with Gasteiger partial charge >= 0.3 is 0 Å². The summed E-state index contributed by atoms with van der Waals surface area (Å²) in [7, 11) is -3.79. The minimum absolute atomic E-state index is 0.0364. The summed E-state index contributed by atoms with van der Waals surface area (Å²) in [6.07, 6.45) is 2.23. The molecule has 1 aromatic heterocycles. The molecule has 0 radical (unpaired) electrons. The molecule has 0 fully saturated rings. The van der Waals surface area contributed by atoms with Crippen molar-refractivity contribution in [3.8, 4) is 0 Å². The second-order valence-corrected chi connectivity index (χ2v) is 5.85. The molecule has 106 valence electrons. The standard InChI is InChI=1S/C10H15ClN4O3S/c1-3-12-9(16)7-15(4-2)19(17,18)8-5-13-10(11)14-6-8/h5-6H,3-4,7H2,1-2H3,(H,12,16). The van der Waals surface area contributed by atoms with Crippen LogP contribution in [0.1, 0.15) is 13.8 Å². The number of hydrogen-bond donors (Lipinski definition) is 1. The van der Waals surface area contributed by atoms with Gasteiger partial charge in [-0.2, -0.15) is 4.31 Å². The number of rotatable bonds is 6. The van der Waals surface area contributed by atoms with Gasteiger partial charge in [-0.25, -0.2) is 18.4 Å². The van der Waals surface area contributed by atoms with Gasteiger partial charge < -0.3 is 5.32 Å². The van der Waals surface area contributed by atoms with Gasteiger partial charge in [-0.05, 0) is 18.5 Å². The quantitative estimate of drug-likeness (QED) is 0.762. The van der Waals surface area contributed by atoms with E-state index in [1.54, 1.807) is 13.8 Å². The van der Waals surface area contributed by atoms with Gasteiger partial charge in [0.1, 0.15) is 4.90 Å². The fraction of sp³-hybridized carbons (Fsp3) is 0.500. The zero-order valence-electron chi connectivity index (χ0n) is 10.6. The number of nitrogens with zero attached hydrogens (tertiary/aromatic N) is 3. The van der Waals surface area contributed by atoms with Gasteiger partial charge in [0.2, 0.25) is 21.2 Å². The molecule has 19 heavy (non-hydrogen) atoms. The molecule has 0 aliphatic rings. The Morgan fingerprint density at radius 1 is 1.37 bits per heavy atom. The van der Waals surface area contributed by atoms with Gasteiger partial charge in [0.05, 0.1) is 18.9 Å². The number of likely N-dealkylation sites (N-methyl/N-ethyl adjacent to an activating group) is 2. The number of aromatic nitrogens is 2. The first-order chi connectivity index (χ1) is 8.91. The maximum absolute atomic E-state index is 12.2. The van der Waals surface area contributed by atoms with Gasteiger partial charge in [-0.1, -0.05) is 6.92 Å². The molecule has 1 aromatic rings. The largest absolute Gasteiger partial charge is 0.355 e. The summed E-state index contributed by atoms with van der Waals surface area (Å²) >= 11 is 5.51. The van der Waals surface area contributed by atoms with Crippen LogP contribution in [0.15, 0.2) is 17.3 Å². The molecule has 0 bridgehead atoms. The van der Waals surface area contributed by atoms with Crippen LogP contribution in [0.3, 0.4) is 0 Å². The third-order valence-electron chi connectivity index (χ3n) is 2.28. The van der Waals surface area contributed by atoms with Crippen molar-refractivity contribution in [2.45, 2.75) is 18.7 Å². The fourth-order valence-corrected chi connectivity index (χ4v) is 2.76. The molecular weight excluding hydrogens is 292 g/mol. The van der Waals surface area contributed by atoms with Crippen molar-refractivity contribution in [1.29, 1.82) is 0 Å². The maximum atomic E-state index is 12.2. The van der Waals surface area contributed by atoms with Gasteiger partial charge in [0, 0.05) is 13.1 Å². The minimum Gasteiger partial charge on any atom is -0.355 e. The van der Waals surface area contributed by atoms with Crippen LogP contribution in [-0.4, -0.2) is 48.2 Å². The highest BCUT2D eigenvalue weighted by atomic mass is 35.5. The van der Waals surface area contributed by atoms with E-state index < -0.39 is 10.0 Å².